The number of hydrogen-bond donors (Lipinski definition) is 2. The summed E-state index contributed by atoms with van der Waals surface area (Å²) >= 11 is 1.48. The first-order valence-electron chi connectivity index (χ1n) is 11.0. The van der Waals surface area contributed by atoms with Gasteiger partial charge in [0.2, 0.25) is 5.91 Å². The van der Waals surface area contributed by atoms with Crippen LogP contribution in [-0.2, 0) is 14.3 Å². The van der Waals surface area contributed by atoms with Crippen molar-refractivity contribution in [1.82, 2.24) is 20.1 Å². The predicted octanol–water partition coefficient (Wildman–Crippen LogP) is 2.22. The third-order valence-electron chi connectivity index (χ3n) is 5.50. The van der Waals surface area contributed by atoms with Gasteiger partial charge in [-0.15, -0.1) is 11.8 Å². The first-order valence-corrected chi connectivity index (χ1v) is 12.2. The number of ether oxygens (including phenoxy) is 1. The number of carbonyl (C=O) groups is 4. The zero-order valence-corrected chi connectivity index (χ0v) is 20.0. The zero-order valence-electron chi connectivity index (χ0n) is 19.2. The Labute approximate surface area is 201 Å². The number of para-hydroxylation sites is 1. The van der Waals surface area contributed by atoms with Crippen molar-refractivity contribution in [3.05, 3.63) is 36.0 Å². The molecule has 1 aliphatic heterocycles. The molecule has 1 aliphatic rings. The van der Waals surface area contributed by atoms with Crippen LogP contribution in [0.5, 0.6) is 0 Å². The minimum Gasteiger partial charge on any atom is -0.481 e. The lowest BCUT2D eigenvalue weighted by Crippen LogP contribution is -2.56. The van der Waals surface area contributed by atoms with Gasteiger partial charge in [-0.2, -0.15) is 0 Å². The number of nitrogens with one attached hydrogen (secondary N) is 1. The van der Waals surface area contributed by atoms with Crippen LogP contribution in [0.15, 0.2) is 35.2 Å². The number of fused-ring (bicyclic) bond motifs is 1. The van der Waals surface area contributed by atoms with Crippen molar-refractivity contribution in [2.75, 3.05) is 39.0 Å². The molecule has 2 aromatic rings. The van der Waals surface area contributed by atoms with Crippen molar-refractivity contribution in [3.8, 4) is 0 Å². The smallest absolute Gasteiger partial charge is 0.409 e. The quantitative estimate of drug-likeness (QED) is 0.541. The molecule has 11 heteroatoms. The number of aliphatic carboxylic acids is 1. The molecule has 0 saturated carbocycles. The summed E-state index contributed by atoms with van der Waals surface area (Å²) in [5, 5.41) is 12.7. The summed E-state index contributed by atoms with van der Waals surface area (Å²) in [4.78, 5) is 57.6. The maximum Gasteiger partial charge on any atom is 0.409 e. The second-order valence-corrected chi connectivity index (χ2v) is 8.54. The van der Waals surface area contributed by atoms with E-state index in [9.17, 15) is 19.2 Å². The van der Waals surface area contributed by atoms with Crippen LogP contribution >= 0.6 is 11.8 Å². The molecule has 34 heavy (non-hydrogen) atoms. The summed E-state index contributed by atoms with van der Waals surface area (Å²) in [6.07, 6.45) is 1.14. The highest BCUT2D eigenvalue weighted by Gasteiger charge is 2.31. The van der Waals surface area contributed by atoms with E-state index < -0.39 is 24.0 Å². The monoisotopic (exact) mass is 488 g/mol. The number of aromatic nitrogens is 1. The Bertz CT molecular complexity index is 1070. The van der Waals surface area contributed by atoms with Gasteiger partial charge in [0.25, 0.3) is 5.91 Å². The molecule has 0 radical (unpaired) electrons. The lowest BCUT2D eigenvalue weighted by molar-refractivity contribution is -0.138. The number of piperazine rings is 1. The molecule has 0 spiro atoms. The Balaban J connectivity index is 1.74. The minimum atomic E-state index is -1.06. The van der Waals surface area contributed by atoms with Crippen molar-refractivity contribution < 1.29 is 29.0 Å². The highest BCUT2D eigenvalue weighted by Crippen LogP contribution is 2.26. The Morgan fingerprint density at radius 3 is 2.47 bits per heavy atom. The molecular weight excluding hydrogens is 460 g/mol. The van der Waals surface area contributed by atoms with Gasteiger partial charge >= 0.3 is 12.1 Å². The van der Waals surface area contributed by atoms with E-state index >= 15 is 0 Å². The standard InChI is InChI=1S/C23H28N4O6S/c1-3-33-23(32)27-12-10-26(11-13-27)22(31)17(8-9-20(28)29)25-21(30)18-14-19(34-2)15-6-4-5-7-16(15)24-18/h4-7,14,17H,3,8-13H2,1-2H3,(H,25,30)(H,28,29). The Morgan fingerprint density at radius 1 is 1.15 bits per heavy atom. The van der Waals surface area contributed by atoms with Gasteiger partial charge in [0.05, 0.1) is 12.1 Å². The molecule has 0 bridgehead atoms. The number of rotatable bonds is 8. The molecule has 1 saturated heterocycles. The van der Waals surface area contributed by atoms with Gasteiger partial charge in [-0.1, -0.05) is 18.2 Å². The summed E-state index contributed by atoms with van der Waals surface area (Å²) in [7, 11) is 0. The maximum atomic E-state index is 13.2. The number of carboxylic acids is 1. The van der Waals surface area contributed by atoms with Crippen LogP contribution in [0.25, 0.3) is 10.9 Å². The summed E-state index contributed by atoms with van der Waals surface area (Å²) < 4.78 is 4.99. The molecule has 182 valence electrons. The van der Waals surface area contributed by atoms with E-state index in [0.717, 1.165) is 10.3 Å². The van der Waals surface area contributed by atoms with E-state index in [0.29, 0.717) is 18.6 Å². The number of benzene rings is 1. The zero-order chi connectivity index (χ0) is 24.7. The first-order chi connectivity index (χ1) is 16.3. The lowest BCUT2D eigenvalue weighted by atomic mass is 10.1. The van der Waals surface area contributed by atoms with Crippen LogP contribution < -0.4 is 5.32 Å². The highest BCUT2D eigenvalue weighted by molar-refractivity contribution is 7.98. The van der Waals surface area contributed by atoms with Crippen LogP contribution in [0.2, 0.25) is 0 Å². The van der Waals surface area contributed by atoms with E-state index in [4.69, 9.17) is 9.84 Å². The molecule has 3 amide bonds. The summed E-state index contributed by atoms with van der Waals surface area (Å²) in [5.74, 6) is -1.99. The molecule has 3 rings (SSSR count). The van der Waals surface area contributed by atoms with Crippen LogP contribution in [0.3, 0.4) is 0 Å². The number of hydrogen-bond acceptors (Lipinski definition) is 7. The van der Waals surface area contributed by atoms with Crippen LogP contribution in [0.1, 0.15) is 30.3 Å². The van der Waals surface area contributed by atoms with Gasteiger partial charge < -0.3 is 25.0 Å². The second kappa shape index (κ2) is 11.7. The van der Waals surface area contributed by atoms with Crippen molar-refractivity contribution in [1.29, 1.82) is 0 Å². The molecule has 10 nitrogen and oxygen atoms in total. The molecule has 2 N–H and O–H groups in total. The number of thioether (sulfide) groups is 1. The van der Waals surface area contributed by atoms with E-state index in [1.54, 1.807) is 13.0 Å². The predicted molar refractivity (Wildman–Crippen MR) is 127 cm³/mol. The van der Waals surface area contributed by atoms with Gasteiger partial charge in [-0.3, -0.25) is 14.4 Å². The van der Waals surface area contributed by atoms with Gasteiger partial charge in [-0.25, -0.2) is 9.78 Å². The normalized spacial score (nSPS) is 14.5. The van der Waals surface area contributed by atoms with Crippen molar-refractivity contribution in [2.24, 2.45) is 0 Å². The molecule has 1 atom stereocenters. The molecule has 1 aromatic carbocycles. The van der Waals surface area contributed by atoms with Gasteiger partial charge in [0, 0.05) is 42.9 Å². The van der Waals surface area contributed by atoms with Crippen molar-refractivity contribution in [3.63, 3.8) is 0 Å². The Kier molecular flexibility index (Phi) is 8.69. The Hall–Kier alpha value is -3.34. The van der Waals surface area contributed by atoms with Crippen molar-refractivity contribution >= 4 is 46.5 Å². The van der Waals surface area contributed by atoms with Crippen LogP contribution in [0, 0.1) is 0 Å². The fourth-order valence-electron chi connectivity index (χ4n) is 3.73. The molecule has 1 fully saturated rings. The fourth-order valence-corrected chi connectivity index (χ4v) is 4.35. The molecule has 0 aliphatic carbocycles. The van der Waals surface area contributed by atoms with E-state index in [-0.39, 0.29) is 44.1 Å². The summed E-state index contributed by atoms with van der Waals surface area (Å²) in [6.45, 7) is 3.12. The topological polar surface area (TPSA) is 129 Å². The molecule has 2 heterocycles. The average Bonchev–Trinajstić information content (AvgIpc) is 2.85. The van der Waals surface area contributed by atoms with Crippen LogP contribution in [0.4, 0.5) is 4.79 Å². The minimum absolute atomic E-state index is 0.0546. The number of carbonyl (C=O) groups excluding carboxylic acids is 3. The average molecular weight is 489 g/mol. The molecule has 1 aromatic heterocycles. The maximum absolute atomic E-state index is 13.2. The largest absolute Gasteiger partial charge is 0.481 e. The third kappa shape index (κ3) is 6.16. The highest BCUT2D eigenvalue weighted by atomic mass is 32.2. The third-order valence-corrected chi connectivity index (χ3v) is 6.28. The molecule has 1 unspecified atom stereocenters. The first kappa shape index (κ1) is 25.3. The Morgan fingerprint density at radius 2 is 1.82 bits per heavy atom. The number of amides is 3. The number of carboxylic acid groups (broad SMARTS) is 1. The molecular formula is C23H28N4O6S. The van der Waals surface area contributed by atoms with E-state index in [1.807, 2.05) is 30.5 Å². The summed E-state index contributed by atoms with van der Waals surface area (Å²) in [6, 6.07) is 8.09. The number of pyridine rings is 1. The van der Waals surface area contributed by atoms with Gasteiger partial charge in [-0.05, 0) is 31.7 Å². The number of nitrogens with zero attached hydrogens (tertiary/aromatic N) is 3. The summed E-state index contributed by atoms with van der Waals surface area (Å²) in [5.41, 5.74) is 0.811. The van der Waals surface area contributed by atoms with Gasteiger partial charge in [0.15, 0.2) is 0 Å². The van der Waals surface area contributed by atoms with E-state index in [2.05, 4.69) is 10.3 Å². The van der Waals surface area contributed by atoms with Gasteiger partial charge in [0.1, 0.15) is 11.7 Å². The van der Waals surface area contributed by atoms with Crippen molar-refractivity contribution in [2.45, 2.75) is 30.7 Å². The van der Waals surface area contributed by atoms with Crippen LogP contribution in [-0.4, -0.2) is 88.9 Å². The fraction of sp³-hybridized carbons (Fsp3) is 0.435. The second-order valence-electron chi connectivity index (χ2n) is 7.70. The van der Waals surface area contributed by atoms with E-state index in [1.165, 1.54) is 21.6 Å². The lowest BCUT2D eigenvalue weighted by Gasteiger charge is -2.35. The SMILES string of the molecule is CCOC(=O)N1CCN(C(=O)C(CCC(=O)O)NC(=O)c2cc(SC)c3ccccc3n2)CC1.